The van der Waals surface area contributed by atoms with E-state index in [1.54, 1.807) is 20.8 Å². The second-order valence-electron chi connectivity index (χ2n) is 5.24. The molecule has 0 rings (SSSR count). The van der Waals surface area contributed by atoms with Gasteiger partial charge in [0.1, 0.15) is 11.0 Å². The van der Waals surface area contributed by atoms with Crippen LogP contribution in [-0.2, 0) is 11.0 Å². The van der Waals surface area contributed by atoms with Crippen LogP contribution in [0.1, 0.15) is 41.0 Å². The van der Waals surface area contributed by atoms with E-state index >= 15 is 0 Å². The van der Waals surface area contributed by atoms with Crippen molar-refractivity contribution in [2.45, 2.75) is 52.0 Å². The van der Waals surface area contributed by atoms with Gasteiger partial charge in [-0.3, -0.25) is 0 Å². The van der Waals surface area contributed by atoms with Crippen LogP contribution in [0.4, 0.5) is 13.2 Å². The van der Waals surface area contributed by atoms with E-state index in [0.717, 1.165) is 20.1 Å². The standard InChI is InChI=1S/C10H18F3NOS/c1-8(2,3)16(15)14-7-6-9(4,5)10(11,12)13/h7H,6H2,1-5H3/t16-/m0/s1. The lowest BCUT2D eigenvalue weighted by Gasteiger charge is -2.25. The maximum Gasteiger partial charge on any atom is 0.394 e. The largest absolute Gasteiger partial charge is 0.394 e. The summed E-state index contributed by atoms with van der Waals surface area (Å²) in [5.41, 5.74) is -1.83. The highest BCUT2D eigenvalue weighted by Gasteiger charge is 2.46. The molecule has 0 unspecified atom stereocenters. The van der Waals surface area contributed by atoms with Crippen molar-refractivity contribution < 1.29 is 17.4 Å². The van der Waals surface area contributed by atoms with Crippen LogP contribution in [0.5, 0.6) is 0 Å². The van der Waals surface area contributed by atoms with E-state index in [0.29, 0.717) is 0 Å². The molecule has 0 aromatic rings. The van der Waals surface area contributed by atoms with Gasteiger partial charge < -0.3 is 0 Å². The predicted octanol–water partition coefficient (Wildman–Crippen LogP) is 3.50. The monoisotopic (exact) mass is 257 g/mol. The van der Waals surface area contributed by atoms with Crippen LogP contribution in [0, 0.1) is 5.41 Å². The first-order valence-electron chi connectivity index (χ1n) is 4.89. The van der Waals surface area contributed by atoms with Gasteiger partial charge in [-0.15, -0.1) is 0 Å². The number of alkyl halides is 3. The van der Waals surface area contributed by atoms with Gasteiger partial charge in [0.05, 0.1) is 10.2 Å². The number of halogens is 3. The third-order valence-electron chi connectivity index (χ3n) is 2.06. The molecule has 0 fully saturated rings. The van der Waals surface area contributed by atoms with Crippen molar-refractivity contribution in [3.05, 3.63) is 0 Å². The maximum absolute atomic E-state index is 12.5. The van der Waals surface area contributed by atoms with Crippen molar-refractivity contribution in [3.8, 4) is 0 Å². The van der Waals surface area contributed by atoms with Gasteiger partial charge >= 0.3 is 6.18 Å². The van der Waals surface area contributed by atoms with Gasteiger partial charge in [0.15, 0.2) is 0 Å². The molecule has 0 aliphatic heterocycles. The molecule has 96 valence electrons. The zero-order chi connectivity index (χ0) is 13.2. The number of hydrogen-bond acceptors (Lipinski definition) is 1. The van der Waals surface area contributed by atoms with Crippen molar-refractivity contribution in [2.75, 3.05) is 0 Å². The average Bonchev–Trinajstić information content (AvgIpc) is 1.99. The van der Waals surface area contributed by atoms with Gasteiger partial charge in [0.2, 0.25) is 0 Å². The molecule has 0 aromatic carbocycles. The molecule has 2 nitrogen and oxygen atoms in total. The summed E-state index contributed by atoms with van der Waals surface area (Å²) in [4.78, 5) is 0. The lowest BCUT2D eigenvalue weighted by Crippen LogP contribution is -2.32. The van der Waals surface area contributed by atoms with E-state index in [-0.39, 0.29) is 6.42 Å². The fourth-order valence-electron chi connectivity index (χ4n) is 0.607. The molecule has 0 N–H and O–H groups in total. The average molecular weight is 257 g/mol. The van der Waals surface area contributed by atoms with E-state index in [9.17, 15) is 17.4 Å². The predicted molar refractivity (Wildman–Crippen MR) is 60.8 cm³/mol. The van der Waals surface area contributed by atoms with Crippen molar-refractivity contribution in [3.63, 3.8) is 0 Å². The second kappa shape index (κ2) is 4.85. The van der Waals surface area contributed by atoms with Crippen LogP contribution in [0.15, 0.2) is 4.40 Å². The second-order valence-corrected chi connectivity index (χ2v) is 7.17. The lowest BCUT2D eigenvalue weighted by atomic mass is 9.89. The van der Waals surface area contributed by atoms with Gasteiger partial charge in [0.25, 0.3) is 0 Å². The third-order valence-corrected chi connectivity index (χ3v) is 3.45. The summed E-state index contributed by atoms with van der Waals surface area (Å²) < 4.78 is 51.9. The van der Waals surface area contributed by atoms with Gasteiger partial charge in [0, 0.05) is 6.21 Å². The molecule has 0 spiro atoms. The number of rotatable bonds is 3. The van der Waals surface area contributed by atoms with Gasteiger partial charge in [-0.1, -0.05) is 13.8 Å². The molecule has 1 atom stereocenters. The van der Waals surface area contributed by atoms with E-state index in [4.69, 9.17) is 0 Å². The molecule has 6 heteroatoms. The van der Waals surface area contributed by atoms with Crippen LogP contribution in [0.25, 0.3) is 0 Å². The highest BCUT2D eigenvalue weighted by molar-refractivity contribution is 7.85. The third kappa shape index (κ3) is 4.63. The SMILES string of the molecule is CC(C)(C)[S@](=O)N=CCC(C)(C)C(F)(F)F. The summed E-state index contributed by atoms with van der Waals surface area (Å²) in [5, 5.41) is 0. The van der Waals surface area contributed by atoms with Crippen molar-refractivity contribution >= 4 is 17.2 Å². The Morgan fingerprint density at radius 2 is 1.56 bits per heavy atom. The van der Waals surface area contributed by atoms with Crippen LogP contribution in [0.3, 0.4) is 0 Å². The summed E-state index contributed by atoms with van der Waals surface area (Å²) in [6.45, 7) is 7.35. The first kappa shape index (κ1) is 15.6. The Balaban J connectivity index is 4.48. The Morgan fingerprint density at radius 3 is 1.88 bits per heavy atom. The highest BCUT2D eigenvalue weighted by atomic mass is 32.2. The van der Waals surface area contributed by atoms with E-state index in [2.05, 4.69) is 4.40 Å². The van der Waals surface area contributed by atoms with Crippen LogP contribution >= 0.6 is 0 Å². The molecular weight excluding hydrogens is 239 g/mol. The quantitative estimate of drug-likeness (QED) is 0.711. The smallest absolute Gasteiger partial charge is 0.234 e. The normalized spacial score (nSPS) is 16.8. The first-order chi connectivity index (χ1) is 6.88. The topological polar surface area (TPSA) is 29.4 Å². The molecule has 0 aliphatic carbocycles. The fourth-order valence-corrected chi connectivity index (χ4v) is 1.13. The van der Waals surface area contributed by atoms with Crippen LogP contribution in [-0.4, -0.2) is 21.3 Å². The van der Waals surface area contributed by atoms with Crippen LogP contribution < -0.4 is 0 Å². The number of nitrogens with zero attached hydrogens (tertiary/aromatic N) is 1. The lowest BCUT2D eigenvalue weighted by molar-refractivity contribution is -0.208. The summed E-state index contributed by atoms with van der Waals surface area (Å²) >= 11 is 0. The van der Waals surface area contributed by atoms with Gasteiger partial charge in [-0.25, -0.2) is 4.21 Å². The van der Waals surface area contributed by atoms with Crippen molar-refractivity contribution in [2.24, 2.45) is 9.81 Å². The summed E-state index contributed by atoms with van der Waals surface area (Å²) in [5.74, 6) is 0. The summed E-state index contributed by atoms with van der Waals surface area (Å²) in [6, 6.07) is 0. The Kier molecular flexibility index (Phi) is 4.74. The molecule has 0 aliphatic rings. The minimum Gasteiger partial charge on any atom is -0.234 e. The van der Waals surface area contributed by atoms with E-state index in [1.807, 2.05) is 0 Å². The Labute approximate surface area is 96.9 Å². The zero-order valence-electron chi connectivity index (χ0n) is 10.2. The summed E-state index contributed by atoms with van der Waals surface area (Å²) in [7, 11) is -1.50. The molecule has 0 amide bonds. The maximum atomic E-state index is 12.5. The molecule has 0 saturated carbocycles. The highest BCUT2D eigenvalue weighted by Crippen LogP contribution is 2.39. The van der Waals surface area contributed by atoms with E-state index in [1.165, 1.54) is 0 Å². The van der Waals surface area contributed by atoms with E-state index < -0.39 is 27.3 Å². The van der Waals surface area contributed by atoms with Gasteiger partial charge in [-0.05, 0) is 27.2 Å². The molecule has 0 heterocycles. The van der Waals surface area contributed by atoms with Gasteiger partial charge in [-0.2, -0.15) is 17.6 Å². The fraction of sp³-hybridized carbons (Fsp3) is 0.900. The molecule has 16 heavy (non-hydrogen) atoms. The first-order valence-corrected chi connectivity index (χ1v) is 6.00. The minimum absolute atomic E-state index is 0.266. The minimum atomic E-state index is -4.28. The zero-order valence-corrected chi connectivity index (χ0v) is 11.0. The summed E-state index contributed by atoms with van der Waals surface area (Å²) in [6.07, 6.45) is -3.44. The Morgan fingerprint density at radius 1 is 1.12 bits per heavy atom. The Bertz CT molecular complexity index is 289. The van der Waals surface area contributed by atoms with Crippen molar-refractivity contribution in [1.29, 1.82) is 0 Å². The van der Waals surface area contributed by atoms with Crippen molar-refractivity contribution in [1.82, 2.24) is 0 Å². The molecular formula is C10H18F3NOS. The number of hydrogen-bond donors (Lipinski definition) is 0. The Hall–Kier alpha value is -0.390. The molecule has 0 saturated heterocycles. The van der Waals surface area contributed by atoms with Crippen LogP contribution in [0.2, 0.25) is 0 Å². The molecule has 0 bridgehead atoms. The molecule has 0 radical (unpaired) electrons. The molecule has 0 aromatic heterocycles.